The molecule has 0 amide bonds. The smallest absolute Gasteiger partial charge is 0.862 e. The molecule has 2 aliphatic heterocycles. The number of rotatable bonds is 11. The predicted octanol–water partition coefficient (Wildman–Crippen LogP) is -13.5. The fraction of sp³-hybridized carbons (Fsp3) is 0.714. The number of aromatic nitrogens is 2. The zero-order valence-electron chi connectivity index (χ0n) is 23.8. The maximum atomic E-state index is 13.1. The molecule has 0 spiro atoms. The van der Waals surface area contributed by atoms with E-state index < -0.39 is 111 Å². The summed E-state index contributed by atoms with van der Waals surface area (Å²) >= 11 is 0. The van der Waals surface area contributed by atoms with Crippen LogP contribution < -0.4 is 80.8 Å². The Bertz CT molecular complexity index is 1270. The number of carbonyl (C=O) groups is 1. The Morgan fingerprint density at radius 3 is 2.41 bits per heavy atom. The van der Waals surface area contributed by atoms with E-state index in [0.717, 1.165) is 17.7 Å². The third-order valence-corrected chi connectivity index (χ3v) is 8.35. The van der Waals surface area contributed by atoms with Crippen LogP contribution in [0.5, 0.6) is 0 Å². The second-order valence-electron chi connectivity index (χ2n) is 9.73. The molecule has 238 valence electrons. The normalized spacial score (nSPS) is 34.1. The number of nitrogen functional groups attached to an aromatic ring is 1. The summed E-state index contributed by atoms with van der Waals surface area (Å²) in [6.07, 6.45) is -15.4. The van der Waals surface area contributed by atoms with Crippen LogP contribution in [0, 0.1) is 0 Å². The summed E-state index contributed by atoms with van der Waals surface area (Å²) in [4.78, 5) is 41.8. The minimum atomic E-state index is -5.60. The van der Waals surface area contributed by atoms with Crippen molar-refractivity contribution in [3.05, 3.63) is 22.7 Å². The third-order valence-electron chi connectivity index (χ3n) is 6.80. The van der Waals surface area contributed by atoms with Gasteiger partial charge in [-0.15, -0.1) is 0 Å². The van der Waals surface area contributed by atoms with Crippen LogP contribution >= 0.6 is 7.60 Å². The van der Waals surface area contributed by atoms with Gasteiger partial charge >= 0.3 is 72.4 Å². The molecule has 2 aliphatic rings. The summed E-state index contributed by atoms with van der Waals surface area (Å²) in [5.74, 6) is -6.54. The zero-order chi connectivity index (χ0) is 31.7. The predicted molar refractivity (Wildman–Crippen MR) is 130 cm³/mol. The van der Waals surface area contributed by atoms with Gasteiger partial charge in [-0.25, -0.2) is 4.79 Å². The van der Waals surface area contributed by atoms with Crippen LogP contribution in [0.4, 0.5) is 5.82 Å². The van der Waals surface area contributed by atoms with Gasteiger partial charge in [-0.3, -0.25) is 14.1 Å². The van der Waals surface area contributed by atoms with E-state index in [9.17, 15) is 65.0 Å². The summed E-state index contributed by atoms with van der Waals surface area (Å²) in [6, 6.07) is -0.578. The fourth-order valence-corrected chi connectivity index (χ4v) is 5.91. The van der Waals surface area contributed by atoms with Gasteiger partial charge in [0.05, 0.1) is 25.3 Å². The van der Waals surface area contributed by atoms with Crippen LogP contribution in [0.25, 0.3) is 0 Å². The van der Waals surface area contributed by atoms with E-state index in [1.165, 1.54) is 6.07 Å². The Morgan fingerprint density at radius 2 is 1.89 bits per heavy atom. The molecule has 0 aromatic carbocycles. The van der Waals surface area contributed by atoms with Crippen molar-refractivity contribution in [3.8, 4) is 0 Å². The molecule has 12 atom stereocenters. The standard InChI is InChI=1S/C21H33N4O16P.2Na/c1-7(27)23-12-8(28)4-21(18(33)34,41-16(12)13(30)9(29)5-26)19(35)42(37,38)39-6-10-14(31)15(32)17(40-10)25-3-2-11(22)24-20(25)36;;/h2-3,8-10,12-17,19,26,28-32,35H,4-6H2,1H3,(H,23,27)(H,33,34)(H,37,38)(H2,22,24,36);;/q;2*+1/p-2/t8-,9+,10+,12+,13+,14+,15+,16+,17+,19?,21-;;/m0../s1. The van der Waals surface area contributed by atoms with Crippen LogP contribution in [-0.4, -0.2) is 135 Å². The van der Waals surface area contributed by atoms with E-state index in [-0.39, 0.29) is 64.9 Å². The van der Waals surface area contributed by atoms with Crippen molar-refractivity contribution in [1.82, 2.24) is 9.55 Å². The minimum absolute atomic E-state index is 0. The Hall–Kier alpha value is -0.590. The molecule has 2 saturated heterocycles. The van der Waals surface area contributed by atoms with Gasteiger partial charge in [0, 0.05) is 12.6 Å². The van der Waals surface area contributed by atoms with Gasteiger partial charge in [-0.2, -0.15) is 4.98 Å². The van der Waals surface area contributed by atoms with Crippen LogP contribution in [0.2, 0.25) is 0 Å². The quantitative estimate of drug-likeness (QED) is 0.0456. The summed E-state index contributed by atoms with van der Waals surface area (Å²) in [6.45, 7) is -1.26. The van der Waals surface area contributed by atoms with Gasteiger partial charge in [-0.1, -0.05) is 0 Å². The van der Waals surface area contributed by atoms with Gasteiger partial charge in [0.25, 0.3) is 0 Å². The number of hydrogen-bond donors (Lipinski definition) is 9. The molecule has 23 heteroatoms. The molecule has 3 heterocycles. The van der Waals surface area contributed by atoms with Gasteiger partial charge in [0.1, 0.15) is 54.1 Å². The second-order valence-corrected chi connectivity index (χ2v) is 11.6. The van der Waals surface area contributed by atoms with Gasteiger partial charge in [0.15, 0.2) is 12.1 Å². The van der Waals surface area contributed by atoms with Crippen molar-refractivity contribution in [2.75, 3.05) is 18.9 Å². The van der Waals surface area contributed by atoms with Crippen molar-refractivity contribution < 1.29 is 133 Å². The maximum Gasteiger partial charge on any atom is 1.00 e. The number of ether oxygens (including phenoxy) is 2. The average Bonchev–Trinajstić information content (AvgIpc) is 3.19. The summed E-state index contributed by atoms with van der Waals surface area (Å²) in [7, 11) is -5.60. The van der Waals surface area contributed by atoms with Crippen molar-refractivity contribution >= 4 is 25.3 Å². The van der Waals surface area contributed by atoms with E-state index in [4.69, 9.17) is 19.7 Å². The molecule has 0 bridgehead atoms. The molecular formula is C21H31N4Na2O16P. The third kappa shape index (κ3) is 8.65. The van der Waals surface area contributed by atoms with E-state index in [1.54, 1.807) is 0 Å². The first kappa shape index (κ1) is 41.4. The number of aliphatic hydroxyl groups excluding tert-OH is 7. The molecule has 2 unspecified atom stereocenters. The molecule has 1 aromatic heterocycles. The molecule has 3 rings (SSSR count). The number of hydrogen-bond acceptors (Lipinski definition) is 18. The largest absolute Gasteiger partial charge is 1.00 e. The van der Waals surface area contributed by atoms with E-state index in [2.05, 4.69) is 9.98 Å². The van der Waals surface area contributed by atoms with Crippen LogP contribution in [0.3, 0.4) is 0 Å². The first-order chi connectivity index (χ1) is 19.5. The molecule has 0 aliphatic carbocycles. The first-order valence-electron chi connectivity index (χ1n) is 12.2. The molecule has 44 heavy (non-hydrogen) atoms. The average molecular weight is 672 g/mol. The number of nitrogens with two attached hydrogens (primary N) is 1. The monoisotopic (exact) mass is 672 g/mol. The summed E-state index contributed by atoms with van der Waals surface area (Å²) in [5.41, 5.74) is 1.11. The number of aliphatic hydroxyl groups is 7. The molecule has 0 radical (unpaired) electrons. The number of aliphatic carboxylic acids is 1. The van der Waals surface area contributed by atoms with E-state index in [1.807, 2.05) is 0 Å². The second kappa shape index (κ2) is 16.5. The molecule has 2 fully saturated rings. The fourth-order valence-electron chi connectivity index (χ4n) is 4.61. The van der Waals surface area contributed by atoms with Crippen LogP contribution in [0.1, 0.15) is 19.6 Å². The topological polar surface area (TPSA) is 343 Å². The van der Waals surface area contributed by atoms with Crippen molar-refractivity contribution in [2.45, 2.75) is 79.8 Å². The Kier molecular flexibility index (Phi) is 15.5. The maximum absolute atomic E-state index is 13.1. The Morgan fingerprint density at radius 1 is 1.27 bits per heavy atom. The number of anilines is 1. The number of carboxylic acids is 1. The number of nitrogens with zero attached hydrogens (tertiary/aromatic N) is 3. The molecule has 20 nitrogen and oxygen atoms in total. The number of aliphatic imine (C=N–C) groups is 1. The van der Waals surface area contributed by atoms with Gasteiger partial charge in [-0.05, 0) is 18.9 Å². The molecular weight excluding hydrogens is 641 g/mol. The minimum Gasteiger partial charge on any atom is -0.862 e. The van der Waals surface area contributed by atoms with Crippen molar-refractivity contribution in [2.24, 2.45) is 4.99 Å². The van der Waals surface area contributed by atoms with Crippen LogP contribution in [-0.2, 0) is 23.4 Å². The van der Waals surface area contributed by atoms with Crippen molar-refractivity contribution in [3.63, 3.8) is 0 Å². The van der Waals surface area contributed by atoms with Crippen LogP contribution in [0.15, 0.2) is 22.1 Å². The first-order valence-corrected chi connectivity index (χ1v) is 13.9. The molecule has 1 aromatic rings. The molecule has 10 N–H and O–H groups in total. The van der Waals surface area contributed by atoms with Gasteiger partial charge in [0.2, 0.25) is 0 Å². The Balaban J connectivity index is 0.00000484. The SMILES string of the molecule is CC([O-])=N[C@H]1[C@H]([C@H](O)[C@H](O)CO)O[C@@](C(=O)[O-])(C(O)P(=O)(O)OC[C@H]2O[C@@H](n3ccc(N)nc3=O)[C@H](O)[C@@H]2O)C[C@@H]1O.[Na+].[Na+]. The number of carboxylic acid groups (broad SMARTS) is 1. The zero-order valence-corrected chi connectivity index (χ0v) is 28.7. The Labute approximate surface area is 292 Å². The summed E-state index contributed by atoms with van der Waals surface area (Å²) < 4.78 is 29.2. The van der Waals surface area contributed by atoms with E-state index >= 15 is 0 Å². The molecule has 0 saturated carbocycles. The summed E-state index contributed by atoms with van der Waals surface area (Å²) in [5, 5.41) is 95.4. The van der Waals surface area contributed by atoms with Crippen molar-refractivity contribution in [1.29, 1.82) is 0 Å². The van der Waals surface area contributed by atoms with E-state index in [0.29, 0.717) is 0 Å². The van der Waals surface area contributed by atoms with Gasteiger partial charge < -0.3 is 75.4 Å². The number of carbonyl (C=O) groups excluding carboxylic acids is 1.